The molecule has 112 valence electrons. The van der Waals surface area contributed by atoms with Crippen molar-refractivity contribution in [3.63, 3.8) is 0 Å². The molecule has 0 aliphatic carbocycles. The second-order valence-electron chi connectivity index (χ2n) is 5.03. The molecule has 2 aromatic rings. The quantitative estimate of drug-likeness (QED) is 0.796. The lowest BCUT2D eigenvalue weighted by atomic mass is 9.96. The van der Waals surface area contributed by atoms with Crippen LogP contribution in [0.5, 0.6) is 0 Å². The second-order valence-corrected chi connectivity index (χ2v) is 5.03. The third-order valence-corrected chi connectivity index (χ3v) is 3.36. The molecular formula is C17H18F3N. The van der Waals surface area contributed by atoms with Crippen molar-refractivity contribution in [1.29, 1.82) is 0 Å². The highest BCUT2D eigenvalue weighted by atomic mass is 19.1. The molecule has 1 N–H and O–H groups in total. The Hall–Kier alpha value is -1.81. The summed E-state index contributed by atoms with van der Waals surface area (Å²) in [7, 11) is 0. The van der Waals surface area contributed by atoms with Crippen molar-refractivity contribution >= 4 is 0 Å². The average Bonchev–Trinajstić information content (AvgIpc) is 2.46. The molecule has 0 aliphatic heterocycles. The van der Waals surface area contributed by atoms with Crippen molar-refractivity contribution in [2.75, 3.05) is 6.54 Å². The zero-order chi connectivity index (χ0) is 15.4. The van der Waals surface area contributed by atoms with Gasteiger partial charge in [-0.05, 0) is 54.8 Å². The molecule has 0 heterocycles. The van der Waals surface area contributed by atoms with Crippen molar-refractivity contribution in [3.05, 3.63) is 58.9 Å². The first kappa shape index (κ1) is 15.6. The van der Waals surface area contributed by atoms with Gasteiger partial charge >= 0.3 is 0 Å². The van der Waals surface area contributed by atoms with E-state index in [2.05, 4.69) is 5.32 Å². The molecule has 0 bridgehead atoms. The highest BCUT2D eigenvalue weighted by molar-refractivity contribution is 5.69. The van der Waals surface area contributed by atoms with Gasteiger partial charge in [-0.2, -0.15) is 0 Å². The maximum absolute atomic E-state index is 14.3. The molecule has 0 amide bonds. The minimum atomic E-state index is -0.638. The van der Waals surface area contributed by atoms with Gasteiger partial charge in [0.05, 0.1) is 5.56 Å². The second kappa shape index (κ2) is 6.76. The van der Waals surface area contributed by atoms with E-state index in [1.807, 2.05) is 6.92 Å². The highest BCUT2D eigenvalue weighted by Gasteiger charge is 2.17. The number of nitrogens with one attached hydrogen (secondary N) is 1. The van der Waals surface area contributed by atoms with E-state index in [-0.39, 0.29) is 5.56 Å². The van der Waals surface area contributed by atoms with Gasteiger partial charge in [-0.3, -0.25) is 0 Å². The van der Waals surface area contributed by atoms with E-state index in [0.29, 0.717) is 23.2 Å². The van der Waals surface area contributed by atoms with Crippen molar-refractivity contribution in [1.82, 2.24) is 5.32 Å². The highest BCUT2D eigenvalue weighted by Crippen LogP contribution is 2.31. The van der Waals surface area contributed by atoms with Crippen molar-refractivity contribution in [2.24, 2.45) is 0 Å². The molecule has 0 spiro atoms. The summed E-state index contributed by atoms with van der Waals surface area (Å²) in [5.74, 6) is -1.65. The molecule has 0 radical (unpaired) electrons. The maximum Gasteiger partial charge on any atom is 0.136 e. The van der Waals surface area contributed by atoms with Crippen LogP contribution in [0.15, 0.2) is 30.3 Å². The van der Waals surface area contributed by atoms with E-state index in [9.17, 15) is 13.2 Å². The van der Waals surface area contributed by atoms with Crippen LogP contribution in [0.1, 0.15) is 24.5 Å². The van der Waals surface area contributed by atoms with Crippen LogP contribution in [-0.2, 0) is 6.54 Å². The number of halogens is 3. The monoisotopic (exact) mass is 293 g/mol. The third-order valence-electron chi connectivity index (χ3n) is 3.36. The van der Waals surface area contributed by atoms with Crippen LogP contribution < -0.4 is 5.32 Å². The fraction of sp³-hybridized carbons (Fsp3) is 0.294. The normalized spacial score (nSPS) is 10.9. The molecule has 0 aliphatic rings. The third kappa shape index (κ3) is 3.45. The zero-order valence-corrected chi connectivity index (χ0v) is 12.1. The summed E-state index contributed by atoms with van der Waals surface area (Å²) in [6, 6.07) is 6.60. The first-order chi connectivity index (χ1) is 10.0. The molecule has 2 rings (SSSR count). The van der Waals surface area contributed by atoms with Crippen molar-refractivity contribution in [3.8, 4) is 11.1 Å². The fourth-order valence-corrected chi connectivity index (χ4v) is 2.26. The molecular weight excluding hydrogens is 275 g/mol. The number of aryl methyl sites for hydroxylation is 1. The Morgan fingerprint density at radius 1 is 1.05 bits per heavy atom. The van der Waals surface area contributed by atoms with Gasteiger partial charge in [-0.15, -0.1) is 0 Å². The van der Waals surface area contributed by atoms with E-state index in [0.717, 1.165) is 13.0 Å². The number of benzene rings is 2. The summed E-state index contributed by atoms with van der Waals surface area (Å²) < 4.78 is 41.7. The van der Waals surface area contributed by atoms with E-state index in [1.165, 1.54) is 30.3 Å². The maximum atomic E-state index is 14.3. The summed E-state index contributed by atoms with van der Waals surface area (Å²) in [5.41, 5.74) is 1.21. The predicted octanol–water partition coefficient (Wildman–Crippen LogP) is 4.58. The Labute approximate surface area is 122 Å². The molecule has 0 fully saturated rings. The van der Waals surface area contributed by atoms with Gasteiger partial charge in [0, 0.05) is 6.54 Å². The molecule has 21 heavy (non-hydrogen) atoms. The summed E-state index contributed by atoms with van der Waals surface area (Å²) in [6.45, 7) is 4.72. The lowest BCUT2D eigenvalue weighted by Gasteiger charge is -2.13. The summed E-state index contributed by atoms with van der Waals surface area (Å²) in [5, 5.41) is 3.13. The van der Waals surface area contributed by atoms with Gasteiger partial charge in [0.2, 0.25) is 0 Å². The molecule has 0 unspecified atom stereocenters. The minimum Gasteiger partial charge on any atom is -0.313 e. The van der Waals surface area contributed by atoms with Gasteiger partial charge < -0.3 is 5.32 Å². The predicted molar refractivity (Wildman–Crippen MR) is 78.5 cm³/mol. The van der Waals surface area contributed by atoms with Gasteiger partial charge in [-0.1, -0.05) is 19.1 Å². The SMILES string of the molecule is CCCNCc1cc(F)ccc1-c1c(F)ccc(C)c1F. The van der Waals surface area contributed by atoms with Crippen LogP contribution >= 0.6 is 0 Å². The van der Waals surface area contributed by atoms with Crippen LogP contribution in [0.25, 0.3) is 11.1 Å². The Balaban J connectivity index is 2.51. The standard InChI is InChI=1S/C17H18F3N/c1-3-8-21-10-12-9-13(18)5-6-14(12)16-15(19)7-4-11(2)17(16)20/h4-7,9,21H,3,8,10H2,1-2H3. The Morgan fingerprint density at radius 3 is 2.52 bits per heavy atom. The van der Waals surface area contributed by atoms with Gasteiger partial charge in [0.25, 0.3) is 0 Å². The lowest BCUT2D eigenvalue weighted by molar-refractivity contribution is 0.582. The van der Waals surface area contributed by atoms with E-state index in [1.54, 1.807) is 6.92 Å². The summed E-state index contributed by atoms with van der Waals surface area (Å²) in [6.07, 6.45) is 0.928. The summed E-state index contributed by atoms with van der Waals surface area (Å²) >= 11 is 0. The fourth-order valence-electron chi connectivity index (χ4n) is 2.26. The molecule has 0 saturated carbocycles. The molecule has 1 nitrogen and oxygen atoms in total. The van der Waals surface area contributed by atoms with Crippen LogP contribution in [-0.4, -0.2) is 6.54 Å². The topological polar surface area (TPSA) is 12.0 Å². The van der Waals surface area contributed by atoms with Gasteiger partial charge in [0.1, 0.15) is 17.5 Å². The van der Waals surface area contributed by atoms with Gasteiger partial charge in [-0.25, -0.2) is 13.2 Å². The Kier molecular flexibility index (Phi) is 5.02. The van der Waals surface area contributed by atoms with E-state index < -0.39 is 17.5 Å². The Bertz CT molecular complexity index is 638. The molecule has 0 atom stereocenters. The van der Waals surface area contributed by atoms with E-state index in [4.69, 9.17) is 0 Å². The van der Waals surface area contributed by atoms with Gasteiger partial charge in [0.15, 0.2) is 0 Å². The zero-order valence-electron chi connectivity index (χ0n) is 12.1. The molecule has 0 saturated heterocycles. The summed E-state index contributed by atoms with van der Waals surface area (Å²) in [4.78, 5) is 0. The van der Waals surface area contributed by atoms with Crippen LogP contribution in [0.3, 0.4) is 0 Å². The van der Waals surface area contributed by atoms with E-state index >= 15 is 0 Å². The average molecular weight is 293 g/mol. The first-order valence-electron chi connectivity index (χ1n) is 6.98. The van der Waals surface area contributed by atoms with Crippen LogP contribution in [0.2, 0.25) is 0 Å². The molecule has 4 heteroatoms. The first-order valence-corrected chi connectivity index (χ1v) is 6.98. The number of hydrogen-bond donors (Lipinski definition) is 1. The number of rotatable bonds is 5. The largest absolute Gasteiger partial charge is 0.313 e. The lowest BCUT2D eigenvalue weighted by Crippen LogP contribution is -2.15. The molecule has 2 aromatic carbocycles. The van der Waals surface area contributed by atoms with Crippen molar-refractivity contribution < 1.29 is 13.2 Å². The number of hydrogen-bond acceptors (Lipinski definition) is 1. The molecule has 0 aromatic heterocycles. The smallest absolute Gasteiger partial charge is 0.136 e. The van der Waals surface area contributed by atoms with Crippen LogP contribution in [0.4, 0.5) is 13.2 Å². The minimum absolute atomic E-state index is 0.0942. The Morgan fingerprint density at radius 2 is 1.81 bits per heavy atom. The van der Waals surface area contributed by atoms with Crippen molar-refractivity contribution in [2.45, 2.75) is 26.8 Å². The van der Waals surface area contributed by atoms with Crippen LogP contribution in [0, 0.1) is 24.4 Å².